The van der Waals surface area contributed by atoms with Crippen molar-refractivity contribution in [3.8, 4) is 11.1 Å². The number of nitrogens with two attached hydrogens (primary N) is 1. The van der Waals surface area contributed by atoms with Crippen molar-refractivity contribution in [3.05, 3.63) is 53.9 Å². The van der Waals surface area contributed by atoms with Gasteiger partial charge in [-0.1, -0.05) is 25.1 Å². The average molecular weight is 437 g/mol. The summed E-state index contributed by atoms with van der Waals surface area (Å²) in [6, 6.07) is 11.2. The number of benzene rings is 1. The minimum Gasteiger partial charge on any atom is -0.475 e. The highest BCUT2D eigenvalue weighted by molar-refractivity contribution is 6.58. The average Bonchev–Trinajstić information content (AvgIpc) is 3.14. The van der Waals surface area contributed by atoms with Crippen molar-refractivity contribution in [2.24, 2.45) is 22.1 Å². The number of fused-ring (bicyclic) bond motifs is 3. The third-order valence-electron chi connectivity index (χ3n) is 8.06. The predicted molar refractivity (Wildman–Crippen MR) is 146 cm³/mol. The highest BCUT2D eigenvalue weighted by Gasteiger charge is 2.69. The molecule has 0 unspecified atom stereocenters. The van der Waals surface area contributed by atoms with Gasteiger partial charge in [0.2, 0.25) is 0 Å². The number of amidine groups is 1. The minimum absolute atomic E-state index is 0.0509. The second-order valence-electron chi connectivity index (χ2n) is 11.8. The van der Waals surface area contributed by atoms with Gasteiger partial charge in [-0.3, -0.25) is 4.98 Å². The van der Waals surface area contributed by atoms with Gasteiger partial charge < -0.3 is 15.2 Å². The fraction of sp³-hybridized carbons (Fsp3) is 0.478. The third-order valence-corrected chi connectivity index (χ3v) is 8.06. The molecule has 0 saturated heterocycles. The Labute approximate surface area is 201 Å². The number of aromatic nitrogens is 1. The molecule has 0 bridgehead atoms. The zero-order valence-corrected chi connectivity index (χ0v) is 20.8. The molecule has 5 rings (SSSR count). The number of aliphatic imine (C=N–C) groups is 1. The number of nitrogens with zero attached hydrogens (tertiary/aromatic N) is 2. The van der Waals surface area contributed by atoms with Gasteiger partial charge in [-0.25, -0.2) is 4.99 Å². The van der Waals surface area contributed by atoms with Crippen molar-refractivity contribution in [2.75, 3.05) is 0 Å². The highest BCUT2D eigenvalue weighted by atomic mass is 16.5. The molecule has 0 radical (unpaired) electrons. The predicted octanol–water partition coefficient (Wildman–Crippen LogP) is -1.53. The first-order valence-electron chi connectivity index (χ1n) is 12.2. The van der Waals surface area contributed by atoms with Crippen LogP contribution in [0.2, 0.25) is 0 Å². The second kappa shape index (κ2) is 7.46. The zero-order chi connectivity index (χ0) is 23.6. The van der Waals surface area contributed by atoms with Gasteiger partial charge in [-0.15, -0.1) is 0 Å². The van der Waals surface area contributed by atoms with Crippen LogP contribution in [0.15, 0.2) is 47.7 Å². The smallest absolute Gasteiger partial charge is 0.282 e. The summed E-state index contributed by atoms with van der Waals surface area (Å²) < 4.78 is 12.7. The maximum Gasteiger partial charge on any atom is 0.282 e. The van der Waals surface area contributed by atoms with E-state index in [4.69, 9.17) is 20.2 Å². The molecule has 2 aliphatic carbocycles. The molecule has 0 amide bonds. The summed E-state index contributed by atoms with van der Waals surface area (Å²) in [5, 5.41) is -0.677. The van der Waals surface area contributed by atoms with Crippen molar-refractivity contribution in [1.82, 2.24) is 4.98 Å². The Morgan fingerprint density at radius 3 is 2.58 bits per heavy atom. The fourth-order valence-corrected chi connectivity index (χ4v) is 7.03. The van der Waals surface area contributed by atoms with Gasteiger partial charge in [0.25, 0.3) is 6.02 Å². The van der Waals surface area contributed by atoms with E-state index in [0.29, 0.717) is 11.9 Å². The van der Waals surface area contributed by atoms with Gasteiger partial charge in [-0.05, 0) is 71.3 Å². The molecule has 2 heterocycles. The Morgan fingerprint density at radius 1 is 1.18 bits per heavy atom. The summed E-state index contributed by atoms with van der Waals surface area (Å²) in [5.74, 6) is 0.426. The van der Waals surface area contributed by atoms with Crippen LogP contribution in [0, 0.1) is 11.3 Å². The van der Waals surface area contributed by atoms with Crippen LogP contribution in [-0.2, 0) is 21.4 Å². The van der Waals surface area contributed by atoms with Gasteiger partial charge in [0.15, 0.2) is 15.7 Å². The van der Waals surface area contributed by atoms with Gasteiger partial charge in [0.05, 0.1) is 11.5 Å². The first-order chi connectivity index (χ1) is 15.5. The van der Waals surface area contributed by atoms with Crippen LogP contribution in [0.25, 0.3) is 11.1 Å². The van der Waals surface area contributed by atoms with Gasteiger partial charge in [0.1, 0.15) is 29.1 Å². The Hall–Kier alpha value is -2.08. The maximum absolute atomic E-state index is 6.47. The van der Waals surface area contributed by atoms with Crippen molar-refractivity contribution >= 4 is 45.3 Å². The normalized spacial score (nSPS) is 32.5. The third kappa shape index (κ3) is 3.48. The molecule has 33 heavy (non-hydrogen) atoms. The number of hydrogen-bond donors (Lipinski definition) is 1. The first kappa shape index (κ1) is 22.7. The van der Waals surface area contributed by atoms with E-state index in [0.717, 1.165) is 36.8 Å². The summed E-state index contributed by atoms with van der Waals surface area (Å²) in [6.07, 6.45) is 8.08. The van der Waals surface area contributed by atoms with Crippen LogP contribution in [0.1, 0.15) is 37.3 Å². The summed E-state index contributed by atoms with van der Waals surface area (Å²) in [7, 11) is 10.8. The van der Waals surface area contributed by atoms with E-state index >= 15 is 0 Å². The molecule has 5 nitrogen and oxygen atoms in total. The zero-order valence-electron chi connectivity index (χ0n) is 20.8. The lowest BCUT2D eigenvalue weighted by Crippen LogP contribution is -2.60. The Morgan fingerprint density at radius 2 is 1.97 bits per heavy atom. The van der Waals surface area contributed by atoms with Gasteiger partial charge in [-0.2, -0.15) is 0 Å². The number of pyridine rings is 1. The van der Waals surface area contributed by atoms with E-state index < -0.39 is 10.9 Å². The van der Waals surface area contributed by atoms with Crippen LogP contribution >= 0.6 is 0 Å². The van der Waals surface area contributed by atoms with Crippen LogP contribution < -0.4 is 5.73 Å². The van der Waals surface area contributed by atoms with Crippen LogP contribution in [0.3, 0.4) is 0 Å². The number of rotatable bonds is 3. The van der Waals surface area contributed by atoms with E-state index in [1.165, 1.54) is 11.1 Å². The van der Waals surface area contributed by atoms with Crippen LogP contribution in [0.4, 0.5) is 0 Å². The molecular weight excluding hydrogens is 404 g/mol. The van der Waals surface area contributed by atoms with Crippen molar-refractivity contribution in [3.63, 3.8) is 0 Å². The van der Waals surface area contributed by atoms with Gasteiger partial charge in [0, 0.05) is 17.8 Å². The Bertz CT molecular complexity index is 1110. The monoisotopic (exact) mass is 437 g/mol. The molecule has 2 aromatic rings. The summed E-state index contributed by atoms with van der Waals surface area (Å²) >= 11 is 0. The molecule has 1 saturated carbocycles. The lowest BCUT2D eigenvalue weighted by molar-refractivity contribution is -0.0743. The Balaban J connectivity index is 1.62. The quantitative estimate of drug-likeness (QED) is 0.593. The molecular formula is C23H32B5N3O2. The lowest BCUT2D eigenvalue weighted by atomic mass is 9.44. The van der Waals surface area contributed by atoms with Crippen LogP contribution in [-0.4, -0.2) is 67.0 Å². The van der Waals surface area contributed by atoms with Crippen molar-refractivity contribution < 1.29 is 9.47 Å². The highest BCUT2D eigenvalue weighted by Crippen LogP contribution is 2.65. The minimum atomic E-state index is -0.534. The molecule has 166 valence electrons. The first-order valence-corrected chi connectivity index (χ1v) is 12.2. The van der Waals surface area contributed by atoms with Crippen molar-refractivity contribution in [2.45, 2.75) is 54.9 Å². The Kier molecular flexibility index (Phi) is 5.13. The van der Waals surface area contributed by atoms with E-state index in [1.54, 1.807) is 0 Å². The molecule has 1 aromatic carbocycles. The molecule has 1 aromatic heterocycles. The van der Waals surface area contributed by atoms with Gasteiger partial charge >= 0.3 is 0 Å². The van der Waals surface area contributed by atoms with E-state index in [1.807, 2.05) is 18.5 Å². The SMILES string of the molecule is BC(B)(B)O[C@@H]1CC[C@]2(Cc3ccc(-c4cccnc4)cc3[C@]23N=C(N)OC3(B)B)C[C@H]1C. The summed E-state index contributed by atoms with van der Waals surface area (Å²) in [5.41, 5.74) is 10.6. The molecule has 4 atom stereocenters. The molecule has 2 spiro atoms. The summed E-state index contributed by atoms with van der Waals surface area (Å²) in [6.45, 7) is 2.34. The summed E-state index contributed by atoms with van der Waals surface area (Å²) in [4.78, 5) is 9.50. The number of ether oxygens (including phenoxy) is 2. The standard InChI is InChI=1S/C23H32B5N3O2/c1-13-10-20(7-6-18(13)32-23(26,27)28)11-15-5-4-14(16-3-2-8-30-12-16)9-17(15)21(20)22(24,25)33-19(29)31-21/h2-5,8-9,12-13,18H,6-7,10-11,24-28H2,1H3,(H2,29,31)/t13-,18-,20-,21+/m1/s1. The fourth-order valence-electron chi connectivity index (χ4n) is 7.03. The van der Waals surface area contributed by atoms with Crippen molar-refractivity contribution in [1.29, 1.82) is 0 Å². The largest absolute Gasteiger partial charge is 0.475 e. The topological polar surface area (TPSA) is 69.7 Å². The van der Waals surface area contributed by atoms with E-state index in [2.05, 4.69) is 75.4 Å². The lowest BCUT2D eigenvalue weighted by Gasteiger charge is -2.53. The molecule has 2 N–H and O–H groups in total. The second-order valence-corrected chi connectivity index (χ2v) is 11.8. The molecule has 1 aliphatic heterocycles. The van der Waals surface area contributed by atoms with E-state index in [9.17, 15) is 0 Å². The molecule has 3 aliphatic rings. The number of hydrogen-bond acceptors (Lipinski definition) is 5. The molecule has 1 fully saturated rings. The molecule has 10 heteroatoms. The van der Waals surface area contributed by atoms with E-state index in [-0.39, 0.29) is 16.8 Å². The van der Waals surface area contributed by atoms with Crippen LogP contribution in [0.5, 0.6) is 0 Å². The maximum atomic E-state index is 6.47.